The van der Waals surface area contributed by atoms with Gasteiger partial charge in [0.05, 0.1) is 12.6 Å². The van der Waals surface area contributed by atoms with E-state index in [4.69, 9.17) is 0 Å². The summed E-state index contributed by atoms with van der Waals surface area (Å²) in [6.45, 7) is 5.89. The zero-order chi connectivity index (χ0) is 16.9. The number of nitrogens with zero attached hydrogens (tertiary/aromatic N) is 2. The van der Waals surface area contributed by atoms with Crippen molar-refractivity contribution in [1.82, 2.24) is 10.2 Å². The number of rotatable bonds is 4. The summed E-state index contributed by atoms with van der Waals surface area (Å²) in [5.74, 6) is 0.136. The van der Waals surface area contributed by atoms with Gasteiger partial charge in [0.1, 0.15) is 0 Å². The van der Waals surface area contributed by atoms with Crippen LogP contribution in [-0.4, -0.2) is 55.5 Å². The lowest BCUT2D eigenvalue weighted by molar-refractivity contribution is -0.122. The highest BCUT2D eigenvalue weighted by Crippen LogP contribution is 2.21. The van der Waals surface area contributed by atoms with Gasteiger partial charge >= 0.3 is 0 Å². The first-order chi connectivity index (χ1) is 11.7. The van der Waals surface area contributed by atoms with Gasteiger partial charge in [-0.25, -0.2) is 0 Å². The van der Waals surface area contributed by atoms with E-state index in [0.717, 1.165) is 43.9 Å². The number of hydrogen-bond acceptors (Lipinski definition) is 4. The number of piperazine rings is 1. The number of carbonyl (C=O) groups excluding carboxylic acids is 2. The highest BCUT2D eigenvalue weighted by Gasteiger charge is 2.27. The van der Waals surface area contributed by atoms with Crippen LogP contribution in [0.15, 0.2) is 24.3 Å². The fourth-order valence-electron chi connectivity index (χ4n) is 3.51. The molecular formula is C18H26N4O2. The van der Waals surface area contributed by atoms with Crippen LogP contribution in [0.5, 0.6) is 0 Å². The van der Waals surface area contributed by atoms with Crippen LogP contribution in [0.1, 0.15) is 26.2 Å². The molecule has 2 amide bonds. The average molecular weight is 330 g/mol. The predicted molar refractivity (Wildman–Crippen MR) is 95.2 cm³/mol. The number of likely N-dealkylation sites (N-methyl/N-ethyl adjacent to an activating group) is 1. The Hall–Kier alpha value is -2.08. The number of anilines is 2. The summed E-state index contributed by atoms with van der Waals surface area (Å²) in [4.78, 5) is 28.3. The molecule has 24 heavy (non-hydrogen) atoms. The van der Waals surface area contributed by atoms with E-state index in [9.17, 15) is 9.59 Å². The van der Waals surface area contributed by atoms with Gasteiger partial charge in [-0.3, -0.25) is 14.5 Å². The molecule has 130 valence electrons. The first-order valence-electron chi connectivity index (χ1n) is 8.84. The number of piperidine rings is 1. The summed E-state index contributed by atoms with van der Waals surface area (Å²) in [5.41, 5.74) is 1.82. The Morgan fingerprint density at radius 1 is 1.25 bits per heavy atom. The minimum Gasteiger partial charge on any atom is -0.360 e. The van der Waals surface area contributed by atoms with Gasteiger partial charge in [0.2, 0.25) is 11.8 Å². The Morgan fingerprint density at radius 3 is 2.75 bits per heavy atom. The van der Waals surface area contributed by atoms with E-state index in [2.05, 4.69) is 22.5 Å². The third-order valence-electron chi connectivity index (χ3n) is 4.86. The monoisotopic (exact) mass is 330 g/mol. The van der Waals surface area contributed by atoms with Crippen LogP contribution in [0.25, 0.3) is 0 Å². The number of nitrogens with one attached hydrogen (secondary N) is 2. The van der Waals surface area contributed by atoms with Crippen LogP contribution < -0.4 is 15.5 Å². The topological polar surface area (TPSA) is 64.7 Å². The van der Waals surface area contributed by atoms with Crippen LogP contribution in [0.2, 0.25) is 0 Å². The Morgan fingerprint density at radius 2 is 2.04 bits per heavy atom. The third-order valence-corrected chi connectivity index (χ3v) is 4.86. The van der Waals surface area contributed by atoms with Crippen LogP contribution in [-0.2, 0) is 9.59 Å². The quantitative estimate of drug-likeness (QED) is 0.877. The van der Waals surface area contributed by atoms with Gasteiger partial charge in [-0.1, -0.05) is 13.3 Å². The molecule has 0 radical (unpaired) electrons. The molecule has 1 atom stereocenters. The summed E-state index contributed by atoms with van der Waals surface area (Å²) in [5, 5.41) is 5.86. The van der Waals surface area contributed by atoms with Gasteiger partial charge in [-0.2, -0.15) is 0 Å². The van der Waals surface area contributed by atoms with Gasteiger partial charge in [-0.05, 0) is 50.2 Å². The lowest BCUT2D eigenvalue weighted by atomic mass is 10.0. The molecule has 0 bridgehead atoms. The fourth-order valence-corrected chi connectivity index (χ4v) is 3.51. The lowest BCUT2D eigenvalue weighted by Gasteiger charge is -2.33. The normalized spacial score (nSPS) is 22.1. The zero-order valence-corrected chi connectivity index (χ0v) is 14.3. The predicted octanol–water partition coefficient (Wildman–Crippen LogP) is 1.44. The van der Waals surface area contributed by atoms with Gasteiger partial charge < -0.3 is 15.5 Å². The molecule has 0 spiro atoms. The first-order valence-corrected chi connectivity index (χ1v) is 8.84. The molecule has 3 rings (SSSR count). The van der Waals surface area contributed by atoms with Crippen LogP contribution in [0.4, 0.5) is 11.4 Å². The highest BCUT2D eigenvalue weighted by atomic mass is 16.2. The number of amides is 2. The van der Waals surface area contributed by atoms with Crippen LogP contribution >= 0.6 is 0 Å². The summed E-state index contributed by atoms with van der Waals surface area (Å²) in [6, 6.07) is 7.74. The van der Waals surface area contributed by atoms with Crippen molar-refractivity contribution in [3.05, 3.63) is 24.3 Å². The molecule has 2 fully saturated rings. The van der Waals surface area contributed by atoms with Crippen molar-refractivity contribution in [1.29, 1.82) is 0 Å². The number of hydrogen-bond donors (Lipinski definition) is 2. The molecule has 0 saturated carbocycles. The molecule has 1 unspecified atom stereocenters. The summed E-state index contributed by atoms with van der Waals surface area (Å²) in [6.07, 6.45) is 3.22. The van der Waals surface area contributed by atoms with E-state index in [1.54, 1.807) is 0 Å². The zero-order valence-electron chi connectivity index (χ0n) is 14.3. The van der Waals surface area contributed by atoms with Gasteiger partial charge in [-0.15, -0.1) is 0 Å². The molecule has 2 N–H and O–H groups in total. The van der Waals surface area contributed by atoms with Crippen molar-refractivity contribution in [3.8, 4) is 0 Å². The smallest absolute Gasteiger partial charge is 0.241 e. The Bertz CT molecular complexity index is 587. The van der Waals surface area contributed by atoms with Crippen molar-refractivity contribution in [3.63, 3.8) is 0 Å². The van der Waals surface area contributed by atoms with E-state index >= 15 is 0 Å². The van der Waals surface area contributed by atoms with Crippen molar-refractivity contribution >= 4 is 23.2 Å². The second-order valence-corrected chi connectivity index (χ2v) is 6.45. The van der Waals surface area contributed by atoms with Crippen molar-refractivity contribution in [2.24, 2.45) is 0 Å². The second-order valence-electron chi connectivity index (χ2n) is 6.45. The molecule has 2 saturated heterocycles. The van der Waals surface area contributed by atoms with E-state index in [1.165, 1.54) is 6.42 Å². The molecule has 2 aliphatic heterocycles. The molecule has 2 heterocycles. The van der Waals surface area contributed by atoms with Crippen LogP contribution in [0, 0.1) is 0 Å². The molecule has 0 aliphatic carbocycles. The lowest BCUT2D eigenvalue weighted by Crippen LogP contribution is -2.47. The maximum atomic E-state index is 12.6. The molecule has 1 aromatic carbocycles. The SMILES string of the molecule is CCN1CCCCC1C(=O)Nc1ccc(N2CCNC(=O)C2)cc1. The maximum absolute atomic E-state index is 12.6. The third kappa shape index (κ3) is 3.87. The highest BCUT2D eigenvalue weighted by molar-refractivity contribution is 5.95. The molecular weight excluding hydrogens is 304 g/mol. The minimum atomic E-state index is -0.0192. The Kier molecular flexibility index (Phi) is 5.35. The largest absolute Gasteiger partial charge is 0.360 e. The van der Waals surface area contributed by atoms with E-state index in [1.807, 2.05) is 29.2 Å². The number of carbonyl (C=O) groups is 2. The van der Waals surface area contributed by atoms with Crippen molar-refractivity contribution < 1.29 is 9.59 Å². The summed E-state index contributed by atoms with van der Waals surface area (Å²) in [7, 11) is 0. The van der Waals surface area contributed by atoms with E-state index in [0.29, 0.717) is 13.1 Å². The molecule has 0 aromatic heterocycles. The molecule has 2 aliphatic rings. The van der Waals surface area contributed by atoms with Gasteiger partial charge in [0, 0.05) is 24.5 Å². The van der Waals surface area contributed by atoms with Crippen LogP contribution in [0.3, 0.4) is 0 Å². The van der Waals surface area contributed by atoms with Crippen molar-refractivity contribution in [2.45, 2.75) is 32.2 Å². The van der Waals surface area contributed by atoms with E-state index < -0.39 is 0 Å². The van der Waals surface area contributed by atoms with Gasteiger partial charge in [0.15, 0.2) is 0 Å². The first kappa shape index (κ1) is 16.8. The van der Waals surface area contributed by atoms with Gasteiger partial charge in [0.25, 0.3) is 0 Å². The Balaban J connectivity index is 1.61. The Labute approximate surface area is 143 Å². The van der Waals surface area contributed by atoms with Crippen molar-refractivity contribution in [2.75, 3.05) is 42.9 Å². The summed E-state index contributed by atoms with van der Waals surface area (Å²) < 4.78 is 0. The summed E-state index contributed by atoms with van der Waals surface area (Å²) >= 11 is 0. The number of likely N-dealkylation sites (tertiary alicyclic amines) is 1. The standard InChI is InChI=1S/C18H26N4O2/c1-2-21-11-4-3-5-16(21)18(24)20-14-6-8-15(9-7-14)22-12-10-19-17(23)13-22/h6-9,16H,2-5,10-13H2,1H3,(H,19,23)(H,20,24). The molecule has 6 heteroatoms. The minimum absolute atomic E-state index is 0.0192. The second kappa shape index (κ2) is 7.66. The molecule has 1 aromatic rings. The number of benzene rings is 1. The maximum Gasteiger partial charge on any atom is 0.241 e. The average Bonchev–Trinajstić information content (AvgIpc) is 2.62. The van der Waals surface area contributed by atoms with E-state index in [-0.39, 0.29) is 17.9 Å². The fraction of sp³-hybridized carbons (Fsp3) is 0.556. The molecule has 6 nitrogen and oxygen atoms in total.